The first-order valence-corrected chi connectivity index (χ1v) is 13.0. The molecule has 0 aliphatic rings. The molecular weight excluding hydrogens is 516 g/mol. The molecule has 2 aromatic carbocycles. The average Bonchev–Trinajstić information content (AvgIpc) is 3.27. The fourth-order valence-corrected chi connectivity index (χ4v) is 4.83. The van der Waals surface area contributed by atoms with E-state index in [9.17, 15) is 19.6 Å². The van der Waals surface area contributed by atoms with Gasteiger partial charge in [-0.2, -0.15) is 10.5 Å². The first-order valence-electron chi connectivity index (χ1n) is 12.1. The number of esters is 2. The van der Waals surface area contributed by atoms with Crippen molar-refractivity contribution in [2.45, 2.75) is 33.8 Å². The standard InChI is InChI=1S/C30H26N2O6S/c1-4-36-29(34)27-19(3)28(30(35)37-5-2)39-26(27)15-25(33)23(17-32)14-20-10-12-24(13-11-20)38-18-22-8-6-21(16-31)7-9-22/h6-14H,4-5,15,18H2,1-3H3/b23-14+. The van der Waals surface area contributed by atoms with Crippen LogP contribution in [0.15, 0.2) is 54.1 Å². The average molecular weight is 543 g/mol. The molecule has 0 fully saturated rings. The Balaban J connectivity index is 1.76. The van der Waals surface area contributed by atoms with Gasteiger partial charge >= 0.3 is 11.9 Å². The Hall–Kier alpha value is -4.73. The van der Waals surface area contributed by atoms with Gasteiger partial charge in [0, 0.05) is 11.3 Å². The number of ether oxygens (including phenoxy) is 3. The number of benzene rings is 2. The summed E-state index contributed by atoms with van der Waals surface area (Å²) in [5.41, 5.74) is 2.54. The molecule has 0 saturated heterocycles. The largest absolute Gasteiger partial charge is 0.489 e. The summed E-state index contributed by atoms with van der Waals surface area (Å²) >= 11 is 0.993. The molecule has 39 heavy (non-hydrogen) atoms. The van der Waals surface area contributed by atoms with Crippen molar-refractivity contribution in [3.8, 4) is 17.9 Å². The van der Waals surface area contributed by atoms with Gasteiger partial charge in [0.05, 0.1) is 36.0 Å². The zero-order valence-electron chi connectivity index (χ0n) is 21.8. The van der Waals surface area contributed by atoms with E-state index in [-0.39, 0.29) is 35.6 Å². The third kappa shape index (κ3) is 7.41. The van der Waals surface area contributed by atoms with Gasteiger partial charge in [0.15, 0.2) is 5.78 Å². The Labute approximate surface area is 230 Å². The maximum Gasteiger partial charge on any atom is 0.348 e. The number of nitrogens with zero attached hydrogens (tertiary/aromatic N) is 2. The molecule has 0 radical (unpaired) electrons. The van der Waals surface area contributed by atoms with Crippen LogP contribution in [0.5, 0.6) is 5.75 Å². The van der Waals surface area contributed by atoms with Crippen molar-refractivity contribution in [3.63, 3.8) is 0 Å². The Bertz CT molecular complexity index is 1470. The summed E-state index contributed by atoms with van der Waals surface area (Å²) in [6.07, 6.45) is 1.22. The molecule has 0 aliphatic heterocycles. The molecular formula is C30H26N2O6S. The third-order valence-corrected chi connectivity index (χ3v) is 6.85. The van der Waals surface area contributed by atoms with Gasteiger partial charge in [-0.15, -0.1) is 11.3 Å². The van der Waals surface area contributed by atoms with E-state index in [0.717, 1.165) is 16.9 Å². The van der Waals surface area contributed by atoms with Gasteiger partial charge in [-0.05, 0) is 67.8 Å². The Kier molecular flexibility index (Phi) is 10.1. The van der Waals surface area contributed by atoms with Crippen LogP contribution in [0.25, 0.3) is 6.08 Å². The topological polar surface area (TPSA) is 126 Å². The lowest BCUT2D eigenvalue weighted by molar-refractivity contribution is -0.114. The van der Waals surface area contributed by atoms with Gasteiger partial charge in [-0.1, -0.05) is 24.3 Å². The van der Waals surface area contributed by atoms with Crippen molar-refractivity contribution in [2.75, 3.05) is 13.2 Å². The number of nitriles is 2. The Morgan fingerprint density at radius 3 is 2.15 bits per heavy atom. The lowest BCUT2D eigenvalue weighted by atomic mass is 10.0. The number of ketones is 1. The first-order chi connectivity index (χ1) is 18.8. The molecule has 0 amide bonds. The van der Waals surface area contributed by atoms with Crippen LogP contribution < -0.4 is 4.74 Å². The van der Waals surface area contributed by atoms with Crippen molar-refractivity contribution in [3.05, 3.63) is 91.7 Å². The highest BCUT2D eigenvalue weighted by Crippen LogP contribution is 2.31. The van der Waals surface area contributed by atoms with Crippen molar-refractivity contribution in [2.24, 2.45) is 0 Å². The molecule has 3 aromatic rings. The lowest BCUT2D eigenvalue weighted by Gasteiger charge is -2.07. The number of hydrogen-bond acceptors (Lipinski definition) is 9. The minimum Gasteiger partial charge on any atom is -0.489 e. The summed E-state index contributed by atoms with van der Waals surface area (Å²) in [6, 6.07) is 18.0. The molecule has 0 N–H and O–H groups in total. The minimum atomic E-state index is -0.635. The fraction of sp³-hybridized carbons (Fsp3) is 0.233. The summed E-state index contributed by atoms with van der Waals surface area (Å²) in [5, 5.41) is 18.6. The highest BCUT2D eigenvalue weighted by Gasteiger charge is 2.28. The molecule has 8 nitrogen and oxygen atoms in total. The molecule has 0 aliphatic carbocycles. The number of Topliss-reactive ketones (excluding diaryl/α,β-unsaturated/α-hetero) is 1. The van der Waals surface area contributed by atoms with Gasteiger partial charge < -0.3 is 14.2 Å². The zero-order chi connectivity index (χ0) is 28.4. The molecule has 0 spiro atoms. The van der Waals surface area contributed by atoms with Gasteiger partial charge in [0.2, 0.25) is 0 Å². The van der Waals surface area contributed by atoms with Gasteiger partial charge in [0.25, 0.3) is 0 Å². The monoisotopic (exact) mass is 542 g/mol. The number of hydrogen-bond donors (Lipinski definition) is 0. The normalized spacial score (nSPS) is 10.7. The van der Waals surface area contributed by atoms with Gasteiger partial charge in [0.1, 0.15) is 23.3 Å². The van der Waals surface area contributed by atoms with Crippen molar-refractivity contribution < 1.29 is 28.6 Å². The van der Waals surface area contributed by atoms with Crippen LogP contribution in [0.1, 0.15) is 61.0 Å². The van der Waals surface area contributed by atoms with Crippen molar-refractivity contribution in [1.29, 1.82) is 10.5 Å². The zero-order valence-corrected chi connectivity index (χ0v) is 22.6. The number of rotatable bonds is 11. The Morgan fingerprint density at radius 1 is 0.923 bits per heavy atom. The van der Waals surface area contributed by atoms with E-state index >= 15 is 0 Å². The highest BCUT2D eigenvalue weighted by molar-refractivity contribution is 7.14. The quantitative estimate of drug-likeness (QED) is 0.175. The summed E-state index contributed by atoms with van der Waals surface area (Å²) in [5.74, 6) is -1.12. The fourth-order valence-electron chi connectivity index (χ4n) is 3.64. The van der Waals surface area contributed by atoms with E-state index in [1.54, 1.807) is 57.2 Å². The highest BCUT2D eigenvalue weighted by atomic mass is 32.1. The van der Waals surface area contributed by atoms with Crippen LogP contribution in [-0.2, 0) is 27.3 Å². The van der Waals surface area contributed by atoms with Crippen LogP contribution >= 0.6 is 11.3 Å². The van der Waals surface area contributed by atoms with E-state index in [1.807, 2.05) is 18.2 Å². The SMILES string of the molecule is CCOC(=O)c1sc(CC(=O)/C(C#N)=C/c2ccc(OCc3ccc(C#N)cc3)cc2)c(C(=O)OCC)c1C. The van der Waals surface area contributed by atoms with Crippen molar-refractivity contribution in [1.82, 2.24) is 0 Å². The molecule has 1 aromatic heterocycles. The molecule has 0 bridgehead atoms. The number of allylic oxidation sites excluding steroid dienone is 1. The van der Waals surface area contributed by atoms with Crippen LogP contribution in [-0.4, -0.2) is 30.9 Å². The summed E-state index contributed by atoms with van der Waals surface area (Å²) < 4.78 is 16.0. The van der Waals surface area contributed by atoms with Crippen LogP contribution in [0.2, 0.25) is 0 Å². The lowest BCUT2D eigenvalue weighted by Crippen LogP contribution is -2.12. The predicted octanol–water partition coefficient (Wildman–Crippen LogP) is 5.58. The van der Waals surface area contributed by atoms with Crippen LogP contribution in [0.3, 0.4) is 0 Å². The van der Waals surface area contributed by atoms with E-state index in [4.69, 9.17) is 19.5 Å². The number of carbonyl (C=O) groups is 3. The smallest absolute Gasteiger partial charge is 0.348 e. The van der Waals surface area contributed by atoms with Crippen LogP contribution in [0, 0.1) is 29.6 Å². The van der Waals surface area contributed by atoms with Crippen LogP contribution in [0.4, 0.5) is 0 Å². The second kappa shape index (κ2) is 13.7. The predicted molar refractivity (Wildman–Crippen MR) is 145 cm³/mol. The van der Waals surface area contributed by atoms with Gasteiger partial charge in [-0.3, -0.25) is 4.79 Å². The molecule has 0 unspecified atom stereocenters. The Morgan fingerprint density at radius 2 is 1.56 bits per heavy atom. The van der Waals surface area contributed by atoms with Gasteiger partial charge in [-0.25, -0.2) is 9.59 Å². The second-order valence-corrected chi connectivity index (χ2v) is 9.34. The summed E-state index contributed by atoms with van der Waals surface area (Å²) in [6.45, 7) is 5.56. The summed E-state index contributed by atoms with van der Waals surface area (Å²) in [7, 11) is 0. The number of carbonyl (C=O) groups excluding carboxylic acids is 3. The maximum absolute atomic E-state index is 13.1. The molecule has 0 saturated carbocycles. The number of thiophene rings is 1. The minimum absolute atomic E-state index is 0.0974. The molecule has 1 heterocycles. The molecule has 9 heteroatoms. The summed E-state index contributed by atoms with van der Waals surface area (Å²) in [4.78, 5) is 38.6. The second-order valence-electron chi connectivity index (χ2n) is 8.23. The molecule has 3 rings (SSSR count). The van der Waals surface area contributed by atoms with Crippen molar-refractivity contribution >= 4 is 35.1 Å². The van der Waals surface area contributed by atoms with E-state index in [1.165, 1.54) is 6.08 Å². The molecule has 0 atom stereocenters. The van der Waals surface area contributed by atoms with E-state index in [0.29, 0.717) is 33.9 Å². The maximum atomic E-state index is 13.1. The van der Waals surface area contributed by atoms with E-state index in [2.05, 4.69) is 6.07 Å². The first kappa shape index (κ1) is 28.8. The van der Waals surface area contributed by atoms with E-state index < -0.39 is 17.7 Å². The third-order valence-electron chi connectivity index (χ3n) is 5.58. The molecule has 198 valence electrons.